The van der Waals surface area contributed by atoms with Gasteiger partial charge in [-0.2, -0.15) is 0 Å². The van der Waals surface area contributed by atoms with Crippen molar-refractivity contribution in [3.05, 3.63) is 42.5 Å². The molecule has 0 aliphatic carbocycles. The highest BCUT2D eigenvalue weighted by atomic mass is 16.5. The molecule has 0 bridgehead atoms. The third kappa shape index (κ3) is 4.36. The Bertz CT molecular complexity index is 737. The standard InChI is InChI=1S/C20H26N4O3/c1-25-19-10-18(22-15-23-19)24-13-20(14-24)11-16(5-9-27-20)4-8-26-12-17-2-6-21-7-3-17/h2-3,6-7,10,15-16H,4-5,8-9,11-14H2,1H3. The van der Waals surface area contributed by atoms with Gasteiger partial charge < -0.3 is 19.1 Å². The Kier molecular flexibility index (Phi) is 5.50. The number of aromatic nitrogens is 3. The zero-order valence-corrected chi connectivity index (χ0v) is 15.7. The number of ether oxygens (including phenoxy) is 3. The van der Waals surface area contributed by atoms with E-state index in [0.717, 1.165) is 51.4 Å². The van der Waals surface area contributed by atoms with Gasteiger partial charge >= 0.3 is 0 Å². The third-order valence-electron chi connectivity index (χ3n) is 5.40. The normalized spacial score (nSPS) is 21.1. The Morgan fingerprint density at radius 3 is 2.93 bits per heavy atom. The van der Waals surface area contributed by atoms with Crippen molar-refractivity contribution in [1.82, 2.24) is 15.0 Å². The van der Waals surface area contributed by atoms with Crippen LogP contribution in [-0.2, 0) is 16.1 Å². The molecule has 2 aromatic rings. The molecule has 2 fully saturated rings. The number of rotatable bonds is 7. The van der Waals surface area contributed by atoms with Crippen molar-refractivity contribution < 1.29 is 14.2 Å². The molecule has 1 atom stereocenters. The Morgan fingerprint density at radius 1 is 1.26 bits per heavy atom. The molecule has 0 amide bonds. The fourth-order valence-electron chi connectivity index (χ4n) is 3.94. The average molecular weight is 370 g/mol. The zero-order chi connectivity index (χ0) is 18.5. The topological polar surface area (TPSA) is 69.6 Å². The molecule has 2 saturated heterocycles. The predicted octanol–water partition coefficient (Wildman–Crippen LogP) is 2.47. The second-order valence-electron chi connectivity index (χ2n) is 7.36. The number of nitrogens with zero attached hydrogens (tertiary/aromatic N) is 4. The summed E-state index contributed by atoms with van der Waals surface area (Å²) >= 11 is 0. The third-order valence-corrected chi connectivity index (χ3v) is 5.40. The molecular weight excluding hydrogens is 344 g/mol. The molecule has 2 aliphatic rings. The van der Waals surface area contributed by atoms with E-state index >= 15 is 0 Å². The van der Waals surface area contributed by atoms with E-state index < -0.39 is 0 Å². The summed E-state index contributed by atoms with van der Waals surface area (Å²) in [6, 6.07) is 5.86. The largest absolute Gasteiger partial charge is 0.481 e. The lowest BCUT2D eigenvalue weighted by molar-refractivity contribution is -0.116. The first kappa shape index (κ1) is 18.1. The van der Waals surface area contributed by atoms with Gasteiger partial charge in [-0.3, -0.25) is 4.98 Å². The van der Waals surface area contributed by atoms with Crippen molar-refractivity contribution >= 4 is 5.82 Å². The summed E-state index contributed by atoms with van der Waals surface area (Å²) in [4.78, 5) is 14.7. The first-order valence-electron chi connectivity index (χ1n) is 9.48. The number of pyridine rings is 1. The summed E-state index contributed by atoms with van der Waals surface area (Å²) in [6.45, 7) is 4.02. The van der Waals surface area contributed by atoms with Gasteiger partial charge in [-0.15, -0.1) is 0 Å². The van der Waals surface area contributed by atoms with Gasteiger partial charge in [-0.1, -0.05) is 0 Å². The van der Waals surface area contributed by atoms with Gasteiger partial charge in [0, 0.05) is 31.7 Å². The lowest BCUT2D eigenvalue weighted by atomic mass is 9.79. The van der Waals surface area contributed by atoms with E-state index in [2.05, 4.69) is 19.9 Å². The van der Waals surface area contributed by atoms with E-state index in [1.54, 1.807) is 25.8 Å². The molecule has 7 heteroatoms. The molecule has 2 aromatic heterocycles. The highest BCUT2D eigenvalue weighted by Crippen LogP contribution is 2.39. The second kappa shape index (κ2) is 8.19. The summed E-state index contributed by atoms with van der Waals surface area (Å²) in [5, 5.41) is 0. The summed E-state index contributed by atoms with van der Waals surface area (Å²) in [5.74, 6) is 2.15. The molecule has 1 unspecified atom stereocenters. The van der Waals surface area contributed by atoms with Gasteiger partial charge in [-0.25, -0.2) is 9.97 Å². The van der Waals surface area contributed by atoms with Crippen LogP contribution in [0.15, 0.2) is 36.9 Å². The zero-order valence-electron chi connectivity index (χ0n) is 15.7. The fourth-order valence-corrected chi connectivity index (χ4v) is 3.94. The first-order chi connectivity index (χ1) is 13.3. The highest BCUT2D eigenvalue weighted by molar-refractivity contribution is 5.45. The van der Waals surface area contributed by atoms with Crippen molar-refractivity contribution in [2.24, 2.45) is 5.92 Å². The van der Waals surface area contributed by atoms with Crippen molar-refractivity contribution in [3.8, 4) is 5.88 Å². The average Bonchev–Trinajstić information content (AvgIpc) is 2.70. The van der Waals surface area contributed by atoms with Gasteiger partial charge in [0.25, 0.3) is 0 Å². The maximum absolute atomic E-state index is 6.15. The molecule has 4 rings (SSSR count). The predicted molar refractivity (Wildman–Crippen MR) is 101 cm³/mol. The van der Waals surface area contributed by atoms with Crippen molar-refractivity contribution in [2.45, 2.75) is 31.5 Å². The minimum absolute atomic E-state index is 0.0355. The Balaban J connectivity index is 1.23. The molecule has 0 radical (unpaired) electrons. The molecule has 144 valence electrons. The van der Waals surface area contributed by atoms with Crippen molar-refractivity contribution in [2.75, 3.05) is 38.3 Å². The Morgan fingerprint density at radius 2 is 2.11 bits per heavy atom. The number of methoxy groups -OCH3 is 1. The highest BCUT2D eigenvalue weighted by Gasteiger charge is 2.47. The van der Waals surface area contributed by atoms with Crippen LogP contribution in [0.3, 0.4) is 0 Å². The molecule has 4 heterocycles. The molecule has 0 N–H and O–H groups in total. The van der Waals surface area contributed by atoms with Gasteiger partial charge in [0.15, 0.2) is 0 Å². The number of hydrogen-bond acceptors (Lipinski definition) is 7. The van der Waals surface area contributed by atoms with Crippen LogP contribution in [0.1, 0.15) is 24.8 Å². The maximum Gasteiger partial charge on any atom is 0.218 e. The molecular formula is C20H26N4O3. The molecule has 0 saturated carbocycles. The maximum atomic E-state index is 6.15. The monoisotopic (exact) mass is 370 g/mol. The summed E-state index contributed by atoms with van der Waals surface area (Å²) < 4.78 is 17.2. The van der Waals surface area contributed by atoms with Crippen LogP contribution in [0.5, 0.6) is 5.88 Å². The van der Waals surface area contributed by atoms with Gasteiger partial charge in [0.1, 0.15) is 17.7 Å². The summed E-state index contributed by atoms with van der Waals surface area (Å²) in [6.07, 6.45) is 8.43. The molecule has 1 spiro atoms. The minimum Gasteiger partial charge on any atom is -0.481 e. The molecule has 7 nitrogen and oxygen atoms in total. The molecule has 0 aromatic carbocycles. The SMILES string of the molecule is COc1cc(N2CC3(CC(CCOCc4ccncc4)CCO3)C2)ncn1. The number of anilines is 1. The van der Waals surface area contributed by atoms with E-state index in [9.17, 15) is 0 Å². The lowest BCUT2D eigenvalue weighted by Gasteiger charge is -2.53. The molecule has 27 heavy (non-hydrogen) atoms. The van der Waals surface area contributed by atoms with Gasteiger partial charge in [-0.05, 0) is 42.9 Å². The van der Waals surface area contributed by atoms with Gasteiger partial charge in [0.05, 0.1) is 26.8 Å². The van der Waals surface area contributed by atoms with E-state index in [0.29, 0.717) is 18.4 Å². The summed E-state index contributed by atoms with van der Waals surface area (Å²) in [5.41, 5.74) is 1.13. The van der Waals surface area contributed by atoms with Crippen molar-refractivity contribution in [3.63, 3.8) is 0 Å². The fraction of sp³-hybridized carbons (Fsp3) is 0.550. The van der Waals surface area contributed by atoms with Crippen LogP contribution < -0.4 is 9.64 Å². The van der Waals surface area contributed by atoms with Gasteiger partial charge in [0.2, 0.25) is 5.88 Å². The summed E-state index contributed by atoms with van der Waals surface area (Å²) in [7, 11) is 1.62. The smallest absolute Gasteiger partial charge is 0.218 e. The lowest BCUT2D eigenvalue weighted by Crippen LogP contribution is -2.65. The Labute approximate surface area is 159 Å². The first-order valence-corrected chi connectivity index (χ1v) is 9.48. The Hall–Kier alpha value is -2.25. The molecule has 2 aliphatic heterocycles. The minimum atomic E-state index is -0.0355. The van der Waals surface area contributed by atoms with E-state index in [1.807, 2.05) is 18.2 Å². The van der Waals surface area contributed by atoms with E-state index in [-0.39, 0.29) is 5.60 Å². The van der Waals surface area contributed by atoms with Crippen LogP contribution in [-0.4, -0.2) is 54.0 Å². The van der Waals surface area contributed by atoms with Crippen LogP contribution in [0.25, 0.3) is 0 Å². The van der Waals surface area contributed by atoms with Crippen LogP contribution >= 0.6 is 0 Å². The number of hydrogen-bond donors (Lipinski definition) is 0. The van der Waals surface area contributed by atoms with E-state index in [4.69, 9.17) is 14.2 Å². The van der Waals surface area contributed by atoms with Crippen LogP contribution in [0, 0.1) is 5.92 Å². The second-order valence-corrected chi connectivity index (χ2v) is 7.36. The van der Waals surface area contributed by atoms with E-state index in [1.165, 1.54) is 5.56 Å². The van der Waals surface area contributed by atoms with Crippen LogP contribution in [0.4, 0.5) is 5.82 Å². The van der Waals surface area contributed by atoms with Crippen molar-refractivity contribution in [1.29, 1.82) is 0 Å². The van der Waals surface area contributed by atoms with Crippen LogP contribution in [0.2, 0.25) is 0 Å². The quantitative estimate of drug-likeness (QED) is 0.694.